The highest BCUT2D eigenvalue weighted by molar-refractivity contribution is 5.89. The summed E-state index contributed by atoms with van der Waals surface area (Å²) < 4.78 is 27.1. The van der Waals surface area contributed by atoms with Gasteiger partial charge in [0.25, 0.3) is 0 Å². The molecule has 7 nitrogen and oxygen atoms in total. The summed E-state index contributed by atoms with van der Waals surface area (Å²) in [6.07, 6.45) is -0.185. The van der Waals surface area contributed by atoms with Crippen molar-refractivity contribution in [3.8, 4) is 0 Å². The normalized spacial score (nSPS) is 12.5. The number of methoxy groups -OCH3 is 1. The number of aliphatic hydroxyl groups is 1. The molecule has 0 spiro atoms. The highest BCUT2D eigenvalue weighted by Gasteiger charge is 2.19. The minimum absolute atomic E-state index is 0.00903. The maximum Gasteiger partial charge on any atom is 0.336 e. The quantitative estimate of drug-likeness (QED) is 0.120. The van der Waals surface area contributed by atoms with Gasteiger partial charge in [0.2, 0.25) is 0 Å². The van der Waals surface area contributed by atoms with Gasteiger partial charge in [-0.1, -0.05) is 73.8 Å². The summed E-state index contributed by atoms with van der Waals surface area (Å²) in [4.78, 5) is 12.0. The van der Waals surface area contributed by atoms with Crippen LogP contribution in [0.1, 0.15) is 36.2 Å². The Morgan fingerprint density at radius 1 is 0.824 bits per heavy atom. The van der Waals surface area contributed by atoms with Crippen molar-refractivity contribution in [3.63, 3.8) is 0 Å². The van der Waals surface area contributed by atoms with E-state index < -0.39 is 12.1 Å². The zero-order chi connectivity index (χ0) is 24.6. The van der Waals surface area contributed by atoms with Crippen molar-refractivity contribution in [1.82, 2.24) is 0 Å². The second kappa shape index (κ2) is 15.8. The summed E-state index contributed by atoms with van der Waals surface area (Å²) in [5.74, 6) is -0.132. The Bertz CT molecular complexity index is 867. The van der Waals surface area contributed by atoms with Crippen molar-refractivity contribution in [2.24, 2.45) is 0 Å². The Labute approximate surface area is 201 Å². The Balaban J connectivity index is 1.46. The molecule has 2 aromatic rings. The van der Waals surface area contributed by atoms with E-state index in [1.807, 2.05) is 36.4 Å². The van der Waals surface area contributed by atoms with Crippen LogP contribution in [0.25, 0.3) is 0 Å². The predicted octanol–water partition coefficient (Wildman–Crippen LogP) is 4.51. The SMILES string of the molecule is C=C(C(=O)OCCCOCCCOCOC(=C)C(OC)c1ccccc1)C(O)c1ccccc1. The van der Waals surface area contributed by atoms with Gasteiger partial charge in [0.15, 0.2) is 6.79 Å². The molecule has 7 heteroatoms. The van der Waals surface area contributed by atoms with Crippen molar-refractivity contribution < 1.29 is 33.6 Å². The van der Waals surface area contributed by atoms with Crippen LogP contribution in [0.4, 0.5) is 0 Å². The molecule has 0 radical (unpaired) electrons. The smallest absolute Gasteiger partial charge is 0.336 e. The summed E-state index contributed by atoms with van der Waals surface area (Å²) in [5, 5.41) is 10.2. The molecular weight excluding hydrogens is 436 g/mol. The lowest BCUT2D eigenvalue weighted by Crippen LogP contribution is -2.15. The standard InChI is InChI=1S/C27H34O7/c1-21(25(28)23-12-6-4-7-13-23)27(29)33-19-11-17-31-16-10-18-32-20-34-22(2)26(30-3)24-14-8-5-9-15-24/h4-9,12-15,25-26,28H,1-2,10-11,16-20H2,3H3. The van der Waals surface area contributed by atoms with Crippen molar-refractivity contribution >= 4 is 5.97 Å². The number of esters is 1. The first kappa shape index (κ1) is 27.3. The molecule has 0 saturated carbocycles. The second-order valence-electron chi connectivity index (χ2n) is 7.46. The highest BCUT2D eigenvalue weighted by Crippen LogP contribution is 2.24. The summed E-state index contributed by atoms with van der Waals surface area (Å²) in [5.41, 5.74) is 1.57. The summed E-state index contributed by atoms with van der Waals surface area (Å²) in [6, 6.07) is 18.6. The fourth-order valence-electron chi connectivity index (χ4n) is 3.07. The van der Waals surface area contributed by atoms with E-state index in [1.165, 1.54) is 0 Å². The van der Waals surface area contributed by atoms with Gasteiger partial charge in [-0.25, -0.2) is 4.79 Å². The Hall–Kier alpha value is -2.97. The zero-order valence-corrected chi connectivity index (χ0v) is 19.7. The third-order valence-electron chi connectivity index (χ3n) is 4.91. The van der Waals surface area contributed by atoms with Crippen molar-refractivity contribution in [2.75, 3.05) is 40.3 Å². The van der Waals surface area contributed by atoms with Crippen LogP contribution in [0.3, 0.4) is 0 Å². The van der Waals surface area contributed by atoms with Gasteiger partial charge >= 0.3 is 5.97 Å². The van der Waals surface area contributed by atoms with Gasteiger partial charge < -0.3 is 28.8 Å². The van der Waals surface area contributed by atoms with Crippen LogP contribution in [0.2, 0.25) is 0 Å². The first-order valence-electron chi connectivity index (χ1n) is 11.2. The van der Waals surface area contributed by atoms with Crippen LogP contribution in [0.15, 0.2) is 85.2 Å². The van der Waals surface area contributed by atoms with Crippen LogP contribution in [0.5, 0.6) is 0 Å². The second-order valence-corrected chi connectivity index (χ2v) is 7.46. The lowest BCUT2D eigenvalue weighted by molar-refractivity contribution is -0.140. The van der Waals surface area contributed by atoms with Crippen LogP contribution in [-0.2, 0) is 28.5 Å². The van der Waals surface area contributed by atoms with E-state index in [4.69, 9.17) is 23.7 Å². The van der Waals surface area contributed by atoms with E-state index in [-0.39, 0.29) is 25.1 Å². The molecule has 34 heavy (non-hydrogen) atoms. The van der Waals surface area contributed by atoms with Crippen molar-refractivity contribution in [3.05, 3.63) is 96.3 Å². The van der Waals surface area contributed by atoms with Gasteiger partial charge in [-0.15, -0.1) is 0 Å². The van der Waals surface area contributed by atoms with Gasteiger partial charge in [-0.2, -0.15) is 0 Å². The molecule has 2 aromatic carbocycles. The van der Waals surface area contributed by atoms with E-state index in [9.17, 15) is 9.90 Å². The monoisotopic (exact) mass is 470 g/mol. The first-order valence-corrected chi connectivity index (χ1v) is 11.2. The molecule has 2 rings (SSSR count). The molecule has 0 aliphatic rings. The highest BCUT2D eigenvalue weighted by atomic mass is 16.7. The average Bonchev–Trinajstić information content (AvgIpc) is 2.87. The average molecular weight is 471 g/mol. The summed E-state index contributed by atoms with van der Waals surface area (Å²) >= 11 is 0. The molecule has 0 heterocycles. The largest absolute Gasteiger partial charge is 0.469 e. The number of carbonyl (C=O) groups excluding carboxylic acids is 1. The number of aliphatic hydroxyl groups excluding tert-OH is 1. The topological polar surface area (TPSA) is 83.5 Å². The number of carbonyl (C=O) groups is 1. The molecule has 0 bridgehead atoms. The minimum Gasteiger partial charge on any atom is -0.469 e. The van der Waals surface area contributed by atoms with E-state index in [0.29, 0.717) is 44.0 Å². The first-order chi connectivity index (χ1) is 16.5. The number of hydrogen-bond donors (Lipinski definition) is 1. The predicted molar refractivity (Wildman–Crippen MR) is 129 cm³/mol. The van der Waals surface area contributed by atoms with E-state index >= 15 is 0 Å². The molecule has 0 aliphatic heterocycles. The molecule has 0 aromatic heterocycles. The van der Waals surface area contributed by atoms with Crippen molar-refractivity contribution in [2.45, 2.75) is 25.0 Å². The molecule has 0 amide bonds. The van der Waals surface area contributed by atoms with Gasteiger partial charge in [-0.05, 0) is 17.5 Å². The van der Waals surface area contributed by atoms with Crippen LogP contribution in [-0.4, -0.2) is 51.4 Å². The number of benzene rings is 2. The van der Waals surface area contributed by atoms with Gasteiger partial charge in [0, 0.05) is 26.7 Å². The van der Waals surface area contributed by atoms with Gasteiger partial charge in [0.05, 0.1) is 18.8 Å². The van der Waals surface area contributed by atoms with Gasteiger partial charge in [0.1, 0.15) is 18.0 Å². The molecule has 0 fully saturated rings. The molecule has 184 valence electrons. The molecule has 0 aliphatic carbocycles. The van der Waals surface area contributed by atoms with Crippen LogP contribution in [0, 0.1) is 0 Å². The maximum absolute atomic E-state index is 12.0. The van der Waals surface area contributed by atoms with Crippen molar-refractivity contribution in [1.29, 1.82) is 0 Å². The number of rotatable bonds is 17. The molecule has 0 saturated heterocycles. The third kappa shape index (κ3) is 9.49. The molecular formula is C27H34O7. The lowest BCUT2D eigenvalue weighted by atomic mass is 10.0. The fraction of sp³-hybridized carbons (Fsp3) is 0.370. The molecule has 1 N–H and O–H groups in total. The Kier molecular flexibility index (Phi) is 12.7. The van der Waals surface area contributed by atoms with E-state index in [1.54, 1.807) is 31.4 Å². The van der Waals surface area contributed by atoms with Crippen LogP contribution >= 0.6 is 0 Å². The third-order valence-corrected chi connectivity index (χ3v) is 4.91. The van der Waals surface area contributed by atoms with Gasteiger partial charge in [-0.3, -0.25) is 0 Å². The molecule has 2 unspecified atom stereocenters. The molecule has 2 atom stereocenters. The maximum atomic E-state index is 12.0. The summed E-state index contributed by atoms with van der Waals surface area (Å²) in [7, 11) is 1.61. The zero-order valence-electron chi connectivity index (χ0n) is 19.7. The summed E-state index contributed by atoms with van der Waals surface area (Å²) in [6.45, 7) is 9.27. The fourth-order valence-corrected chi connectivity index (χ4v) is 3.07. The van der Waals surface area contributed by atoms with E-state index in [2.05, 4.69) is 13.2 Å². The van der Waals surface area contributed by atoms with E-state index in [0.717, 1.165) is 5.56 Å². The Morgan fingerprint density at radius 2 is 1.38 bits per heavy atom. The Morgan fingerprint density at radius 3 is 2.00 bits per heavy atom. The number of hydrogen-bond acceptors (Lipinski definition) is 7. The number of ether oxygens (including phenoxy) is 5. The minimum atomic E-state index is -1.08. The lowest BCUT2D eigenvalue weighted by Gasteiger charge is -2.19. The van der Waals surface area contributed by atoms with Crippen LogP contribution < -0.4 is 0 Å².